The third-order valence-electron chi connectivity index (χ3n) is 5.08. The molecule has 0 aliphatic carbocycles. The average molecular weight is 403 g/mol. The van der Waals surface area contributed by atoms with Crippen molar-refractivity contribution in [3.63, 3.8) is 0 Å². The molecule has 1 saturated heterocycles. The van der Waals surface area contributed by atoms with Gasteiger partial charge in [0.2, 0.25) is 0 Å². The number of hydrogen-bond donors (Lipinski definition) is 0. The van der Waals surface area contributed by atoms with Gasteiger partial charge in [-0.1, -0.05) is 42.5 Å². The Bertz CT molecular complexity index is 1010. The summed E-state index contributed by atoms with van der Waals surface area (Å²) in [5.41, 5.74) is 3.05. The fourth-order valence-electron chi connectivity index (χ4n) is 3.40. The Labute approximate surface area is 176 Å². The van der Waals surface area contributed by atoms with Crippen molar-refractivity contribution in [3.05, 3.63) is 89.7 Å². The fraction of sp³-hybridized carbons (Fsp3) is 0.250. The number of hydrogen-bond acceptors (Lipinski definition) is 4. The molecule has 0 saturated carbocycles. The van der Waals surface area contributed by atoms with Gasteiger partial charge in [-0.15, -0.1) is 0 Å². The van der Waals surface area contributed by atoms with Gasteiger partial charge in [-0.3, -0.25) is 4.79 Å². The lowest BCUT2D eigenvalue weighted by atomic mass is 10.1. The largest absolute Gasteiger partial charge is 0.497 e. The highest BCUT2D eigenvalue weighted by atomic mass is 16.5. The van der Waals surface area contributed by atoms with Crippen LogP contribution in [0.2, 0.25) is 0 Å². The summed E-state index contributed by atoms with van der Waals surface area (Å²) in [4.78, 5) is 19.1. The summed E-state index contributed by atoms with van der Waals surface area (Å²) in [7, 11) is 1.64. The summed E-state index contributed by atoms with van der Waals surface area (Å²) in [6.45, 7) is 2.41. The van der Waals surface area contributed by atoms with Crippen LogP contribution in [0.3, 0.4) is 0 Å². The van der Waals surface area contributed by atoms with Gasteiger partial charge < -0.3 is 18.9 Å². The Hall–Kier alpha value is -3.54. The fourth-order valence-corrected chi connectivity index (χ4v) is 3.40. The molecule has 0 unspecified atom stereocenters. The Morgan fingerprint density at radius 1 is 1.10 bits per heavy atom. The Morgan fingerprint density at radius 2 is 1.90 bits per heavy atom. The van der Waals surface area contributed by atoms with E-state index in [1.807, 2.05) is 53.2 Å². The molecule has 1 aliphatic heterocycles. The molecule has 1 fully saturated rings. The van der Waals surface area contributed by atoms with E-state index >= 15 is 0 Å². The van der Waals surface area contributed by atoms with Crippen LogP contribution in [0.15, 0.2) is 72.9 Å². The molecule has 3 aromatic rings. The number of aromatic nitrogens is 2. The monoisotopic (exact) mass is 403 g/mol. The SMILES string of the molecule is COc1ccc(CN2CCO/C(=C/c3cn(CCc4ccccc4)cn3)C2=O)cc1. The highest BCUT2D eigenvalue weighted by Crippen LogP contribution is 2.18. The summed E-state index contributed by atoms with van der Waals surface area (Å²) in [5.74, 6) is 1.02. The molecule has 0 bridgehead atoms. The molecule has 4 rings (SSSR count). The normalized spacial score (nSPS) is 15.3. The lowest BCUT2D eigenvalue weighted by Crippen LogP contribution is -2.39. The van der Waals surface area contributed by atoms with Crippen molar-refractivity contribution in [1.29, 1.82) is 0 Å². The first kappa shape index (κ1) is 19.8. The maximum Gasteiger partial charge on any atom is 0.289 e. The van der Waals surface area contributed by atoms with Gasteiger partial charge in [0.15, 0.2) is 5.76 Å². The summed E-state index contributed by atoms with van der Waals surface area (Å²) in [6, 6.07) is 18.1. The van der Waals surface area contributed by atoms with Gasteiger partial charge in [0.25, 0.3) is 5.91 Å². The van der Waals surface area contributed by atoms with Crippen LogP contribution in [0, 0.1) is 0 Å². The van der Waals surface area contributed by atoms with E-state index in [0.29, 0.717) is 25.5 Å². The molecular formula is C24H25N3O3. The predicted molar refractivity (Wildman–Crippen MR) is 115 cm³/mol. The molecule has 2 heterocycles. The number of ether oxygens (including phenoxy) is 2. The van der Waals surface area contributed by atoms with Gasteiger partial charge in [0.1, 0.15) is 12.4 Å². The topological polar surface area (TPSA) is 56.6 Å². The van der Waals surface area contributed by atoms with Crippen molar-refractivity contribution >= 4 is 12.0 Å². The van der Waals surface area contributed by atoms with E-state index in [4.69, 9.17) is 9.47 Å². The quantitative estimate of drug-likeness (QED) is 0.567. The van der Waals surface area contributed by atoms with E-state index in [2.05, 4.69) is 17.1 Å². The third kappa shape index (κ3) is 4.89. The highest BCUT2D eigenvalue weighted by molar-refractivity contribution is 5.96. The van der Waals surface area contributed by atoms with Crippen LogP contribution >= 0.6 is 0 Å². The van der Waals surface area contributed by atoms with Crippen LogP contribution in [0.25, 0.3) is 6.08 Å². The zero-order valence-electron chi connectivity index (χ0n) is 17.0. The van der Waals surface area contributed by atoms with E-state index in [-0.39, 0.29) is 5.91 Å². The second-order valence-electron chi connectivity index (χ2n) is 7.20. The zero-order valence-corrected chi connectivity index (χ0v) is 17.0. The number of aryl methyl sites for hydroxylation is 2. The van der Waals surface area contributed by atoms with E-state index in [1.165, 1.54) is 5.56 Å². The minimum Gasteiger partial charge on any atom is -0.497 e. The molecule has 1 aliphatic rings. The molecule has 6 heteroatoms. The maximum absolute atomic E-state index is 12.8. The first-order valence-corrected chi connectivity index (χ1v) is 10.0. The molecule has 0 atom stereocenters. The number of methoxy groups -OCH3 is 1. The van der Waals surface area contributed by atoms with Crippen molar-refractivity contribution in [2.75, 3.05) is 20.3 Å². The molecule has 30 heavy (non-hydrogen) atoms. The lowest BCUT2D eigenvalue weighted by Gasteiger charge is -2.28. The summed E-state index contributed by atoms with van der Waals surface area (Å²) in [5, 5.41) is 0. The van der Waals surface area contributed by atoms with Crippen LogP contribution in [0.5, 0.6) is 5.75 Å². The molecule has 1 amide bonds. The van der Waals surface area contributed by atoms with Gasteiger partial charge in [0.05, 0.1) is 25.7 Å². The van der Waals surface area contributed by atoms with E-state index in [1.54, 1.807) is 24.4 Å². The molecule has 0 N–H and O–H groups in total. The Morgan fingerprint density at radius 3 is 2.67 bits per heavy atom. The van der Waals surface area contributed by atoms with E-state index in [0.717, 1.165) is 30.0 Å². The first-order valence-electron chi connectivity index (χ1n) is 10.0. The van der Waals surface area contributed by atoms with Crippen LogP contribution in [-0.4, -0.2) is 40.6 Å². The minimum absolute atomic E-state index is 0.115. The number of carbonyl (C=O) groups excluding carboxylic acids is 1. The predicted octanol–water partition coefficient (Wildman–Crippen LogP) is 3.53. The Balaban J connectivity index is 1.39. The van der Waals surface area contributed by atoms with Crippen molar-refractivity contribution in [3.8, 4) is 5.75 Å². The van der Waals surface area contributed by atoms with Gasteiger partial charge in [-0.05, 0) is 29.7 Å². The van der Waals surface area contributed by atoms with Crippen molar-refractivity contribution in [2.24, 2.45) is 0 Å². The number of morpholine rings is 1. The number of rotatable bonds is 7. The molecule has 6 nitrogen and oxygen atoms in total. The minimum atomic E-state index is -0.115. The number of nitrogens with zero attached hydrogens (tertiary/aromatic N) is 3. The number of imidazole rings is 1. The lowest BCUT2D eigenvalue weighted by molar-refractivity contribution is -0.136. The third-order valence-corrected chi connectivity index (χ3v) is 5.08. The summed E-state index contributed by atoms with van der Waals surface area (Å²) < 4.78 is 12.9. The second kappa shape index (κ2) is 9.31. The van der Waals surface area contributed by atoms with E-state index < -0.39 is 0 Å². The highest BCUT2D eigenvalue weighted by Gasteiger charge is 2.25. The summed E-state index contributed by atoms with van der Waals surface area (Å²) in [6.07, 6.45) is 6.38. The van der Waals surface area contributed by atoms with Gasteiger partial charge >= 0.3 is 0 Å². The standard InChI is InChI=1S/C24H25N3O3/c1-29-22-9-7-20(8-10-22)16-27-13-14-30-23(24(27)28)15-21-17-26(18-25-21)12-11-19-5-3-2-4-6-19/h2-10,15,17-18H,11-14,16H2,1H3/b23-15+. The maximum atomic E-state index is 12.8. The van der Waals surface area contributed by atoms with Gasteiger partial charge in [-0.2, -0.15) is 0 Å². The van der Waals surface area contributed by atoms with Crippen LogP contribution in [-0.2, 0) is 29.0 Å². The Kier molecular flexibility index (Phi) is 6.13. The number of benzene rings is 2. The summed E-state index contributed by atoms with van der Waals surface area (Å²) >= 11 is 0. The van der Waals surface area contributed by atoms with E-state index in [9.17, 15) is 4.79 Å². The van der Waals surface area contributed by atoms with Crippen molar-refractivity contribution < 1.29 is 14.3 Å². The van der Waals surface area contributed by atoms with Crippen LogP contribution in [0.4, 0.5) is 0 Å². The van der Waals surface area contributed by atoms with Crippen molar-refractivity contribution in [2.45, 2.75) is 19.5 Å². The molecule has 2 aromatic carbocycles. The average Bonchev–Trinajstić information content (AvgIpc) is 3.24. The molecular weight excluding hydrogens is 378 g/mol. The van der Waals surface area contributed by atoms with Crippen molar-refractivity contribution in [1.82, 2.24) is 14.5 Å². The van der Waals surface area contributed by atoms with Gasteiger partial charge in [-0.25, -0.2) is 4.98 Å². The molecule has 0 spiro atoms. The second-order valence-corrected chi connectivity index (χ2v) is 7.20. The number of amides is 1. The van der Waals surface area contributed by atoms with Crippen LogP contribution in [0.1, 0.15) is 16.8 Å². The first-order chi connectivity index (χ1) is 14.7. The van der Waals surface area contributed by atoms with Gasteiger partial charge in [0, 0.05) is 25.4 Å². The molecule has 1 aromatic heterocycles. The number of carbonyl (C=O) groups is 1. The smallest absolute Gasteiger partial charge is 0.289 e. The van der Waals surface area contributed by atoms with Crippen LogP contribution < -0.4 is 4.74 Å². The zero-order chi connectivity index (χ0) is 20.8. The molecule has 0 radical (unpaired) electrons. The molecule has 154 valence electrons.